The van der Waals surface area contributed by atoms with E-state index in [4.69, 9.17) is 15.5 Å². The average molecular weight is 258 g/mol. The number of pyridine rings is 1. The predicted octanol–water partition coefficient (Wildman–Crippen LogP) is 3.22. The summed E-state index contributed by atoms with van der Waals surface area (Å²) in [5, 5.41) is 1.13. The van der Waals surface area contributed by atoms with Crippen molar-refractivity contribution in [3.05, 3.63) is 35.5 Å². The molecule has 0 spiro atoms. The van der Waals surface area contributed by atoms with Gasteiger partial charge >= 0.3 is 0 Å². The van der Waals surface area contributed by atoms with Crippen LogP contribution in [0.2, 0.25) is 0 Å². The van der Waals surface area contributed by atoms with Crippen LogP contribution in [-0.4, -0.2) is 18.1 Å². The van der Waals surface area contributed by atoms with Crippen molar-refractivity contribution in [3.63, 3.8) is 0 Å². The summed E-state index contributed by atoms with van der Waals surface area (Å²) in [5.41, 5.74) is 8.86. The number of hydrogen-bond acceptors (Lipinski definition) is 3. The molecule has 0 bridgehead atoms. The summed E-state index contributed by atoms with van der Waals surface area (Å²) in [6.45, 7) is 5.62. The summed E-state index contributed by atoms with van der Waals surface area (Å²) in [4.78, 5) is 4.74. The van der Waals surface area contributed by atoms with Gasteiger partial charge in [-0.05, 0) is 37.6 Å². The van der Waals surface area contributed by atoms with Crippen molar-refractivity contribution in [1.82, 2.24) is 4.98 Å². The van der Waals surface area contributed by atoms with Crippen LogP contribution in [-0.2, 0) is 6.42 Å². The van der Waals surface area contributed by atoms with Crippen molar-refractivity contribution in [1.29, 1.82) is 0 Å². The first-order valence-corrected chi connectivity index (χ1v) is 6.98. The summed E-state index contributed by atoms with van der Waals surface area (Å²) in [5.74, 6) is 0.879. The Labute approximate surface area is 114 Å². The van der Waals surface area contributed by atoms with Crippen LogP contribution >= 0.6 is 0 Å². The minimum atomic E-state index is 0.623. The van der Waals surface area contributed by atoms with Crippen LogP contribution < -0.4 is 10.5 Å². The van der Waals surface area contributed by atoms with Gasteiger partial charge in [-0.2, -0.15) is 0 Å². The Morgan fingerprint density at radius 2 is 2.16 bits per heavy atom. The molecule has 3 heteroatoms. The summed E-state index contributed by atoms with van der Waals surface area (Å²) >= 11 is 0. The molecule has 1 aromatic carbocycles. The SMILES string of the molecule is CCCCOc1cccc2cc(C)c(CCN)nc12. The Morgan fingerprint density at radius 1 is 1.32 bits per heavy atom. The summed E-state index contributed by atoms with van der Waals surface area (Å²) < 4.78 is 5.84. The number of nitrogens with two attached hydrogens (primary N) is 1. The van der Waals surface area contributed by atoms with Gasteiger partial charge < -0.3 is 10.5 Å². The van der Waals surface area contributed by atoms with E-state index in [9.17, 15) is 0 Å². The Kier molecular flexibility index (Phi) is 4.74. The fraction of sp³-hybridized carbons (Fsp3) is 0.438. The van der Waals surface area contributed by atoms with Crippen LogP contribution in [0.15, 0.2) is 24.3 Å². The fourth-order valence-corrected chi connectivity index (χ4v) is 2.15. The molecule has 3 nitrogen and oxygen atoms in total. The number of aromatic nitrogens is 1. The van der Waals surface area contributed by atoms with E-state index in [2.05, 4.69) is 26.0 Å². The maximum absolute atomic E-state index is 5.84. The zero-order valence-electron chi connectivity index (χ0n) is 11.8. The van der Waals surface area contributed by atoms with E-state index in [1.807, 2.05) is 12.1 Å². The molecular formula is C16H22N2O. The number of hydrogen-bond donors (Lipinski definition) is 1. The minimum Gasteiger partial charge on any atom is -0.491 e. The van der Waals surface area contributed by atoms with Crippen LogP contribution in [0, 0.1) is 6.92 Å². The first kappa shape index (κ1) is 13.8. The number of unbranched alkanes of at least 4 members (excludes halogenated alkanes) is 1. The molecule has 0 saturated heterocycles. The van der Waals surface area contributed by atoms with Gasteiger partial charge in [0.25, 0.3) is 0 Å². The molecule has 0 radical (unpaired) electrons. The lowest BCUT2D eigenvalue weighted by Gasteiger charge is -2.11. The third kappa shape index (κ3) is 3.24. The zero-order chi connectivity index (χ0) is 13.7. The standard InChI is InChI=1S/C16H22N2O/c1-3-4-10-19-15-7-5-6-13-11-12(2)14(8-9-17)18-16(13)15/h5-7,11H,3-4,8-10,17H2,1-2H3. The van der Waals surface area contributed by atoms with Crippen molar-refractivity contribution in [2.45, 2.75) is 33.1 Å². The molecule has 0 aliphatic rings. The van der Waals surface area contributed by atoms with Crippen molar-refractivity contribution < 1.29 is 4.74 Å². The maximum atomic E-state index is 5.84. The molecule has 0 unspecified atom stereocenters. The predicted molar refractivity (Wildman–Crippen MR) is 79.6 cm³/mol. The molecule has 2 rings (SSSR count). The number of ether oxygens (including phenoxy) is 1. The van der Waals surface area contributed by atoms with Crippen LogP contribution in [0.1, 0.15) is 31.0 Å². The van der Waals surface area contributed by atoms with Gasteiger partial charge in [-0.3, -0.25) is 0 Å². The smallest absolute Gasteiger partial charge is 0.145 e. The lowest BCUT2D eigenvalue weighted by Crippen LogP contribution is -2.07. The van der Waals surface area contributed by atoms with Gasteiger partial charge in [0.05, 0.1) is 6.61 Å². The van der Waals surface area contributed by atoms with E-state index in [1.54, 1.807) is 0 Å². The average Bonchev–Trinajstić information content (AvgIpc) is 2.41. The Bertz CT molecular complexity index is 552. The lowest BCUT2D eigenvalue weighted by atomic mass is 10.1. The van der Waals surface area contributed by atoms with Gasteiger partial charge in [0.2, 0.25) is 0 Å². The second kappa shape index (κ2) is 6.53. The van der Waals surface area contributed by atoms with Crippen LogP contribution in [0.5, 0.6) is 5.75 Å². The Hall–Kier alpha value is -1.61. The van der Waals surface area contributed by atoms with E-state index >= 15 is 0 Å². The van der Waals surface area contributed by atoms with Crippen LogP contribution in [0.3, 0.4) is 0 Å². The second-order valence-electron chi connectivity index (χ2n) is 4.82. The topological polar surface area (TPSA) is 48.1 Å². The number of nitrogens with zero attached hydrogens (tertiary/aromatic N) is 1. The molecule has 1 aromatic heterocycles. The molecule has 0 aliphatic carbocycles. The van der Waals surface area contributed by atoms with E-state index in [0.29, 0.717) is 6.54 Å². The molecule has 2 N–H and O–H groups in total. The number of rotatable bonds is 6. The number of benzene rings is 1. The molecule has 102 valence electrons. The Morgan fingerprint density at radius 3 is 2.89 bits per heavy atom. The Balaban J connectivity index is 2.38. The van der Waals surface area contributed by atoms with Crippen LogP contribution in [0.25, 0.3) is 10.9 Å². The lowest BCUT2D eigenvalue weighted by molar-refractivity contribution is 0.312. The molecule has 1 heterocycles. The molecular weight excluding hydrogens is 236 g/mol. The van der Waals surface area contributed by atoms with Crippen molar-refractivity contribution in [3.8, 4) is 5.75 Å². The van der Waals surface area contributed by atoms with Crippen molar-refractivity contribution in [2.24, 2.45) is 5.73 Å². The summed E-state index contributed by atoms with van der Waals surface area (Å²) in [6.07, 6.45) is 3.01. The van der Waals surface area contributed by atoms with E-state index < -0.39 is 0 Å². The fourth-order valence-electron chi connectivity index (χ4n) is 2.15. The van der Waals surface area contributed by atoms with Gasteiger partial charge in [0.1, 0.15) is 11.3 Å². The molecule has 0 amide bonds. The highest BCUT2D eigenvalue weighted by Crippen LogP contribution is 2.26. The first-order chi connectivity index (χ1) is 9.26. The molecule has 2 aromatic rings. The van der Waals surface area contributed by atoms with Crippen molar-refractivity contribution >= 4 is 10.9 Å². The highest BCUT2D eigenvalue weighted by molar-refractivity contribution is 5.85. The van der Waals surface area contributed by atoms with E-state index in [0.717, 1.165) is 48.2 Å². The second-order valence-corrected chi connectivity index (χ2v) is 4.82. The third-order valence-corrected chi connectivity index (χ3v) is 3.24. The van der Waals surface area contributed by atoms with E-state index in [-0.39, 0.29) is 0 Å². The first-order valence-electron chi connectivity index (χ1n) is 6.98. The molecule has 0 saturated carbocycles. The third-order valence-electron chi connectivity index (χ3n) is 3.24. The molecule has 0 aliphatic heterocycles. The number of aryl methyl sites for hydroxylation is 1. The summed E-state index contributed by atoms with van der Waals surface area (Å²) in [7, 11) is 0. The van der Waals surface area contributed by atoms with Gasteiger partial charge in [0.15, 0.2) is 0 Å². The normalized spacial score (nSPS) is 10.9. The highest BCUT2D eigenvalue weighted by Gasteiger charge is 2.07. The molecule has 0 fully saturated rings. The number of fused-ring (bicyclic) bond motifs is 1. The van der Waals surface area contributed by atoms with Crippen molar-refractivity contribution in [2.75, 3.05) is 13.2 Å². The monoisotopic (exact) mass is 258 g/mol. The maximum Gasteiger partial charge on any atom is 0.145 e. The van der Waals surface area contributed by atoms with Gasteiger partial charge in [-0.25, -0.2) is 4.98 Å². The minimum absolute atomic E-state index is 0.623. The molecule has 19 heavy (non-hydrogen) atoms. The van der Waals surface area contributed by atoms with Crippen LogP contribution in [0.4, 0.5) is 0 Å². The highest BCUT2D eigenvalue weighted by atomic mass is 16.5. The zero-order valence-corrected chi connectivity index (χ0v) is 11.8. The van der Waals surface area contributed by atoms with Gasteiger partial charge in [-0.15, -0.1) is 0 Å². The number of para-hydroxylation sites is 1. The van der Waals surface area contributed by atoms with E-state index in [1.165, 1.54) is 5.56 Å². The quantitative estimate of drug-likeness (QED) is 0.809. The largest absolute Gasteiger partial charge is 0.491 e. The summed E-state index contributed by atoms with van der Waals surface area (Å²) in [6, 6.07) is 8.26. The van der Waals surface area contributed by atoms with Gasteiger partial charge in [0, 0.05) is 17.5 Å². The van der Waals surface area contributed by atoms with Gasteiger partial charge in [-0.1, -0.05) is 25.5 Å². The molecule has 0 atom stereocenters.